The minimum Gasteiger partial charge on any atom is -0.491 e. The first kappa shape index (κ1) is 18.2. The third-order valence-corrected chi connectivity index (χ3v) is 3.70. The molecule has 0 saturated carbocycles. The number of hydrogen-bond acceptors (Lipinski definition) is 4. The van der Waals surface area contributed by atoms with E-state index in [0.29, 0.717) is 17.5 Å². The van der Waals surface area contributed by atoms with Gasteiger partial charge in [0.1, 0.15) is 12.4 Å². The quantitative estimate of drug-likeness (QED) is 0.847. The summed E-state index contributed by atoms with van der Waals surface area (Å²) < 4.78 is 5.54. The minimum absolute atomic E-state index is 0.0149. The second-order valence-corrected chi connectivity index (χ2v) is 5.39. The second kappa shape index (κ2) is 10.0. The molecule has 1 fully saturated rings. The smallest absolute Gasteiger partial charge is 0.124 e. The number of benzene rings is 1. The van der Waals surface area contributed by atoms with E-state index in [-0.39, 0.29) is 6.61 Å². The average molecular weight is 315 g/mol. The Labute approximate surface area is 132 Å². The summed E-state index contributed by atoms with van der Waals surface area (Å²) in [5.41, 5.74) is 6.78. The van der Waals surface area contributed by atoms with Gasteiger partial charge in [0.2, 0.25) is 0 Å². The standard InChI is InChI=1S/C14H21ClN2O2.C2H6/c15-13-1-2-14(19-6-5-18)12(7-13)10-17-4-3-11(8-16)9-17;1-2/h1-2,7,11,18H,3-6,8-10,16H2;1-2H3. The monoisotopic (exact) mass is 314 g/mol. The number of aliphatic hydroxyl groups is 1. The Bertz CT molecular complexity index is 415. The Morgan fingerprint density at radius 2 is 2.19 bits per heavy atom. The number of ether oxygens (including phenoxy) is 1. The van der Waals surface area contributed by atoms with Gasteiger partial charge in [0, 0.05) is 23.7 Å². The summed E-state index contributed by atoms with van der Waals surface area (Å²) in [6.07, 6.45) is 1.16. The Balaban J connectivity index is 0.00000106. The lowest BCUT2D eigenvalue weighted by Gasteiger charge is -2.18. The average Bonchev–Trinajstić information content (AvgIpc) is 2.96. The fourth-order valence-electron chi connectivity index (χ4n) is 2.46. The van der Waals surface area contributed by atoms with E-state index in [4.69, 9.17) is 27.2 Å². The van der Waals surface area contributed by atoms with Crippen LogP contribution in [0.4, 0.5) is 0 Å². The normalized spacial score (nSPS) is 18.2. The molecule has 1 aliphatic heterocycles. The highest BCUT2D eigenvalue weighted by Crippen LogP contribution is 2.26. The molecule has 21 heavy (non-hydrogen) atoms. The Kier molecular flexibility index (Phi) is 8.69. The van der Waals surface area contributed by atoms with Gasteiger partial charge < -0.3 is 15.6 Å². The molecule has 0 aliphatic carbocycles. The SMILES string of the molecule is CC.NCC1CCN(Cc2cc(Cl)ccc2OCCO)C1. The third-order valence-electron chi connectivity index (χ3n) is 3.47. The number of rotatable bonds is 6. The van der Waals surface area contributed by atoms with Crippen LogP contribution in [0.2, 0.25) is 5.02 Å². The molecule has 0 bridgehead atoms. The lowest BCUT2D eigenvalue weighted by atomic mass is 10.1. The maximum atomic E-state index is 8.85. The Morgan fingerprint density at radius 1 is 1.43 bits per heavy atom. The van der Waals surface area contributed by atoms with E-state index in [0.717, 1.165) is 43.9 Å². The zero-order valence-electron chi connectivity index (χ0n) is 13.0. The molecule has 1 aromatic rings. The van der Waals surface area contributed by atoms with Crippen molar-refractivity contribution >= 4 is 11.6 Å². The Hall–Kier alpha value is -0.810. The molecule has 120 valence electrons. The zero-order chi connectivity index (χ0) is 15.7. The highest BCUT2D eigenvalue weighted by Gasteiger charge is 2.22. The van der Waals surface area contributed by atoms with Crippen LogP contribution in [-0.2, 0) is 6.54 Å². The molecule has 3 N–H and O–H groups in total. The first-order valence-electron chi connectivity index (χ1n) is 7.67. The second-order valence-electron chi connectivity index (χ2n) is 4.95. The molecule has 1 heterocycles. The van der Waals surface area contributed by atoms with E-state index in [1.54, 1.807) is 0 Å². The predicted molar refractivity (Wildman–Crippen MR) is 87.8 cm³/mol. The molecule has 0 aromatic heterocycles. The fourth-order valence-corrected chi connectivity index (χ4v) is 2.65. The summed E-state index contributed by atoms with van der Waals surface area (Å²) in [5, 5.41) is 9.56. The summed E-state index contributed by atoms with van der Waals surface area (Å²) in [6, 6.07) is 5.61. The van der Waals surface area contributed by atoms with Gasteiger partial charge in [-0.05, 0) is 43.6 Å². The molecular weight excluding hydrogens is 288 g/mol. The number of likely N-dealkylation sites (tertiary alicyclic amines) is 1. The number of nitrogens with zero attached hydrogens (tertiary/aromatic N) is 1. The van der Waals surface area contributed by atoms with Crippen molar-refractivity contribution in [3.63, 3.8) is 0 Å². The van der Waals surface area contributed by atoms with Crippen LogP contribution in [0.15, 0.2) is 18.2 Å². The van der Waals surface area contributed by atoms with Crippen LogP contribution in [0.25, 0.3) is 0 Å². The molecule has 0 radical (unpaired) electrons. The largest absolute Gasteiger partial charge is 0.491 e. The van der Waals surface area contributed by atoms with E-state index in [9.17, 15) is 0 Å². The van der Waals surface area contributed by atoms with E-state index in [1.807, 2.05) is 32.0 Å². The first-order valence-corrected chi connectivity index (χ1v) is 8.05. The van der Waals surface area contributed by atoms with Gasteiger partial charge in [-0.1, -0.05) is 25.4 Å². The molecule has 0 spiro atoms. The maximum absolute atomic E-state index is 8.85. The molecule has 1 atom stereocenters. The molecule has 4 nitrogen and oxygen atoms in total. The molecule has 1 aromatic carbocycles. The number of hydrogen-bond donors (Lipinski definition) is 2. The van der Waals surface area contributed by atoms with Crippen molar-refractivity contribution < 1.29 is 9.84 Å². The van der Waals surface area contributed by atoms with Crippen molar-refractivity contribution in [2.24, 2.45) is 11.7 Å². The van der Waals surface area contributed by atoms with Crippen LogP contribution in [-0.4, -0.2) is 42.9 Å². The van der Waals surface area contributed by atoms with Crippen LogP contribution in [0.1, 0.15) is 25.8 Å². The third kappa shape index (κ3) is 5.83. The molecule has 0 amide bonds. The first-order chi connectivity index (χ1) is 10.2. The fraction of sp³-hybridized carbons (Fsp3) is 0.625. The Morgan fingerprint density at radius 3 is 2.81 bits per heavy atom. The van der Waals surface area contributed by atoms with E-state index < -0.39 is 0 Å². The minimum atomic E-state index is 0.0149. The van der Waals surface area contributed by atoms with Crippen LogP contribution >= 0.6 is 11.6 Å². The van der Waals surface area contributed by atoms with Crippen molar-refractivity contribution in [3.8, 4) is 5.75 Å². The van der Waals surface area contributed by atoms with Gasteiger partial charge in [0.05, 0.1) is 6.61 Å². The summed E-state index contributed by atoms with van der Waals surface area (Å²) in [5.74, 6) is 1.40. The van der Waals surface area contributed by atoms with Gasteiger partial charge in [-0.15, -0.1) is 0 Å². The van der Waals surface area contributed by atoms with Crippen LogP contribution in [0.5, 0.6) is 5.75 Å². The highest BCUT2D eigenvalue weighted by atomic mass is 35.5. The van der Waals surface area contributed by atoms with Crippen LogP contribution in [0, 0.1) is 5.92 Å². The molecule has 2 rings (SSSR count). The molecule has 1 unspecified atom stereocenters. The number of nitrogens with two attached hydrogens (primary N) is 1. The summed E-state index contributed by atoms with van der Waals surface area (Å²) >= 11 is 6.05. The molecule has 5 heteroatoms. The maximum Gasteiger partial charge on any atom is 0.124 e. The summed E-state index contributed by atoms with van der Waals surface area (Å²) in [6.45, 7) is 7.98. The van der Waals surface area contributed by atoms with Gasteiger partial charge in [0.25, 0.3) is 0 Å². The van der Waals surface area contributed by atoms with E-state index in [1.165, 1.54) is 0 Å². The van der Waals surface area contributed by atoms with Gasteiger partial charge in [-0.2, -0.15) is 0 Å². The van der Waals surface area contributed by atoms with Crippen molar-refractivity contribution in [1.29, 1.82) is 0 Å². The van der Waals surface area contributed by atoms with Crippen molar-refractivity contribution in [2.75, 3.05) is 32.8 Å². The predicted octanol–water partition coefficient (Wildman–Crippen LogP) is 2.52. The van der Waals surface area contributed by atoms with Crippen molar-refractivity contribution in [1.82, 2.24) is 4.90 Å². The number of halogens is 1. The molecular formula is C16H27ClN2O2. The van der Waals surface area contributed by atoms with Gasteiger partial charge in [-0.3, -0.25) is 4.90 Å². The van der Waals surface area contributed by atoms with E-state index in [2.05, 4.69) is 4.90 Å². The van der Waals surface area contributed by atoms with Crippen molar-refractivity contribution in [2.45, 2.75) is 26.8 Å². The highest BCUT2D eigenvalue weighted by molar-refractivity contribution is 6.30. The van der Waals surface area contributed by atoms with E-state index >= 15 is 0 Å². The van der Waals surface area contributed by atoms with Gasteiger partial charge in [-0.25, -0.2) is 0 Å². The van der Waals surface area contributed by atoms with Crippen molar-refractivity contribution in [3.05, 3.63) is 28.8 Å². The van der Waals surface area contributed by atoms with Crippen LogP contribution < -0.4 is 10.5 Å². The lowest BCUT2D eigenvalue weighted by molar-refractivity contribution is 0.198. The van der Waals surface area contributed by atoms with Gasteiger partial charge in [0.15, 0.2) is 0 Å². The zero-order valence-corrected chi connectivity index (χ0v) is 13.8. The van der Waals surface area contributed by atoms with Gasteiger partial charge >= 0.3 is 0 Å². The molecule has 1 aliphatic rings. The molecule has 1 saturated heterocycles. The lowest BCUT2D eigenvalue weighted by Crippen LogP contribution is -2.23. The summed E-state index contributed by atoms with van der Waals surface area (Å²) in [4.78, 5) is 2.37. The topological polar surface area (TPSA) is 58.7 Å². The summed E-state index contributed by atoms with van der Waals surface area (Å²) in [7, 11) is 0. The van der Waals surface area contributed by atoms with Crippen LogP contribution in [0.3, 0.4) is 0 Å². The number of aliphatic hydroxyl groups excluding tert-OH is 1.